The van der Waals surface area contributed by atoms with Crippen molar-refractivity contribution in [2.75, 3.05) is 26.2 Å². The number of rotatable bonds is 4. The number of benzene rings is 2. The number of aromatic nitrogens is 2. The number of aromatic amines is 1. The third-order valence-corrected chi connectivity index (χ3v) is 6.86. The summed E-state index contributed by atoms with van der Waals surface area (Å²) in [7, 11) is 0. The fourth-order valence-electron chi connectivity index (χ4n) is 5.37. The number of likely N-dealkylation sites (tertiary alicyclic amines) is 2. The minimum atomic E-state index is -0.218. The Kier molecular flexibility index (Phi) is 5.02. The van der Waals surface area contributed by atoms with Crippen LogP contribution in [0.5, 0.6) is 0 Å². The summed E-state index contributed by atoms with van der Waals surface area (Å²) in [6.07, 6.45) is 5.73. The zero-order chi connectivity index (χ0) is 19.7. The van der Waals surface area contributed by atoms with Crippen LogP contribution < -0.4 is 5.69 Å². The Morgan fingerprint density at radius 3 is 2.28 bits per heavy atom. The Labute approximate surface area is 171 Å². The van der Waals surface area contributed by atoms with Gasteiger partial charge >= 0.3 is 5.69 Å². The van der Waals surface area contributed by atoms with Crippen LogP contribution in [0, 0.1) is 0 Å². The summed E-state index contributed by atoms with van der Waals surface area (Å²) < 4.78 is 2.09. The summed E-state index contributed by atoms with van der Waals surface area (Å²) in [6, 6.07) is 18.9. The van der Waals surface area contributed by atoms with Crippen LogP contribution >= 0.6 is 0 Å². The molecule has 0 aliphatic carbocycles. The lowest BCUT2D eigenvalue weighted by molar-refractivity contribution is -0.0495. The Morgan fingerprint density at radius 1 is 0.828 bits per heavy atom. The number of nitrogens with one attached hydrogen (secondary N) is 1. The van der Waals surface area contributed by atoms with Crippen molar-refractivity contribution in [1.82, 2.24) is 19.4 Å². The molecule has 5 nitrogen and oxygen atoms in total. The normalized spacial score (nSPS) is 20.8. The largest absolute Gasteiger partial charge is 0.328 e. The first-order valence-corrected chi connectivity index (χ1v) is 11.0. The van der Waals surface area contributed by atoms with E-state index in [2.05, 4.69) is 55.7 Å². The second-order valence-electron chi connectivity index (χ2n) is 8.57. The summed E-state index contributed by atoms with van der Waals surface area (Å²) in [4.78, 5) is 21.4. The van der Waals surface area contributed by atoms with Gasteiger partial charge in [0.15, 0.2) is 0 Å². The highest BCUT2D eigenvalue weighted by Gasteiger charge is 2.43. The standard InChI is InChI=1S/C24H30N4O/c29-23-25-21-11-5-6-12-22(21)28(23)24(27-15-7-2-8-16-27)13-17-26(18-14-24)19-20-9-3-1-4-10-20/h1,3-6,9-12H,2,7-8,13-19H2,(H,25,29). The molecule has 0 atom stereocenters. The van der Waals surface area contributed by atoms with E-state index in [0.29, 0.717) is 0 Å². The van der Waals surface area contributed by atoms with Gasteiger partial charge in [-0.1, -0.05) is 48.9 Å². The SMILES string of the molecule is O=c1[nH]c2ccccc2n1C1(N2CCCCC2)CCN(Cc2ccccc2)CC1. The van der Waals surface area contributed by atoms with Crippen molar-refractivity contribution in [3.05, 3.63) is 70.6 Å². The number of nitrogens with zero attached hydrogens (tertiary/aromatic N) is 3. The van der Waals surface area contributed by atoms with Crippen LogP contribution in [-0.2, 0) is 12.2 Å². The number of piperidine rings is 2. The Bertz CT molecular complexity index is 1010. The van der Waals surface area contributed by atoms with E-state index in [4.69, 9.17) is 0 Å². The molecule has 0 bridgehead atoms. The molecular weight excluding hydrogens is 360 g/mol. The average molecular weight is 391 g/mol. The fraction of sp³-hybridized carbons (Fsp3) is 0.458. The number of H-pyrrole nitrogens is 1. The first-order chi connectivity index (χ1) is 14.3. The lowest BCUT2D eigenvalue weighted by atomic mass is 9.91. The summed E-state index contributed by atoms with van der Waals surface area (Å²) in [5.41, 5.74) is 3.17. The molecule has 152 valence electrons. The van der Waals surface area contributed by atoms with Gasteiger partial charge in [-0.3, -0.25) is 14.4 Å². The topological polar surface area (TPSA) is 44.3 Å². The monoisotopic (exact) mass is 390 g/mol. The van der Waals surface area contributed by atoms with Gasteiger partial charge in [0.2, 0.25) is 0 Å². The fourth-order valence-corrected chi connectivity index (χ4v) is 5.37. The van der Waals surface area contributed by atoms with E-state index >= 15 is 0 Å². The highest BCUT2D eigenvalue weighted by atomic mass is 16.1. The molecule has 0 unspecified atom stereocenters. The van der Waals surface area contributed by atoms with Crippen molar-refractivity contribution in [3.63, 3.8) is 0 Å². The van der Waals surface area contributed by atoms with Gasteiger partial charge in [0.1, 0.15) is 5.66 Å². The molecule has 0 saturated carbocycles. The molecular formula is C24H30N4O. The summed E-state index contributed by atoms with van der Waals surface area (Å²) in [5.74, 6) is 0. The summed E-state index contributed by atoms with van der Waals surface area (Å²) in [5, 5.41) is 0. The molecule has 3 aromatic rings. The number of para-hydroxylation sites is 2. The zero-order valence-corrected chi connectivity index (χ0v) is 17.0. The van der Waals surface area contributed by atoms with Crippen LogP contribution in [0.25, 0.3) is 11.0 Å². The molecule has 0 spiro atoms. The molecule has 29 heavy (non-hydrogen) atoms. The van der Waals surface area contributed by atoms with Crippen LogP contribution in [0.15, 0.2) is 59.4 Å². The van der Waals surface area contributed by atoms with E-state index in [1.54, 1.807) is 0 Å². The predicted molar refractivity (Wildman–Crippen MR) is 117 cm³/mol. The van der Waals surface area contributed by atoms with Crippen molar-refractivity contribution < 1.29 is 0 Å². The number of fused-ring (bicyclic) bond motifs is 1. The summed E-state index contributed by atoms with van der Waals surface area (Å²) >= 11 is 0. The highest BCUT2D eigenvalue weighted by Crippen LogP contribution is 2.37. The van der Waals surface area contributed by atoms with Crippen LogP contribution in [0.3, 0.4) is 0 Å². The first kappa shape index (κ1) is 18.6. The van der Waals surface area contributed by atoms with Crippen LogP contribution in [0.2, 0.25) is 0 Å². The van der Waals surface area contributed by atoms with Crippen LogP contribution in [0.1, 0.15) is 37.7 Å². The van der Waals surface area contributed by atoms with Gasteiger partial charge in [0, 0.05) is 32.7 Å². The van der Waals surface area contributed by atoms with Crippen LogP contribution in [-0.4, -0.2) is 45.5 Å². The van der Waals surface area contributed by atoms with E-state index in [9.17, 15) is 4.79 Å². The van der Waals surface area contributed by atoms with Gasteiger partial charge in [0.25, 0.3) is 0 Å². The maximum Gasteiger partial charge on any atom is 0.328 e. The lowest BCUT2D eigenvalue weighted by Crippen LogP contribution is -2.60. The Balaban J connectivity index is 1.48. The van der Waals surface area contributed by atoms with Gasteiger partial charge < -0.3 is 4.98 Å². The summed E-state index contributed by atoms with van der Waals surface area (Å²) in [6.45, 7) is 5.18. The first-order valence-electron chi connectivity index (χ1n) is 11.0. The van der Waals surface area contributed by atoms with Crippen molar-refractivity contribution in [3.8, 4) is 0 Å². The van der Waals surface area contributed by atoms with Crippen molar-refractivity contribution in [2.45, 2.75) is 44.3 Å². The highest BCUT2D eigenvalue weighted by molar-refractivity contribution is 5.75. The van der Waals surface area contributed by atoms with E-state index in [-0.39, 0.29) is 11.4 Å². The van der Waals surface area contributed by atoms with Crippen LogP contribution in [0.4, 0.5) is 0 Å². The van der Waals surface area contributed by atoms with Gasteiger partial charge in [-0.05, 0) is 43.4 Å². The second-order valence-corrected chi connectivity index (χ2v) is 8.57. The minimum absolute atomic E-state index is 0.0354. The molecule has 5 heteroatoms. The van der Waals surface area contributed by atoms with Gasteiger partial charge in [-0.15, -0.1) is 0 Å². The molecule has 1 N–H and O–H groups in total. The molecule has 2 aliphatic heterocycles. The third-order valence-electron chi connectivity index (χ3n) is 6.86. The smallest absolute Gasteiger partial charge is 0.305 e. The molecule has 2 fully saturated rings. The number of imidazole rings is 1. The van der Waals surface area contributed by atoms with E-state index in [1.807, 2.05) is 18.2 Å². The van der Waals surface area contributed by atoms with Crippen molar-refractivity contribution in [2.24, 2.45) is 0 Å². The van der Waals surface area contributed by atoms with Gasteiger partial charge in [-0.2, -0.15) is 0 Å². The molecule has 2 aliphatic rings. The zero-order valence-electron chi connectivity index (χ0n) is 17.0. The van der Waals surface area contributed by atoms with Crippen molar-refractivity contribution in [1.29, 1.82) is 0 Å². The molecule has 0 radical (unpaired) electrons. The second kappa shape index (κ2) is 7.81. The van der Waals surface area contributed by atoms with E-state index in [0.717, 1.165) is 56.6 Å². The Hall–Kier alpha value is -2.37. The molecule has 0 amide bonds. The quantitative estimate of drug-likeness (QED) is 0.738. The molecule has 5 rings (SSSR count). The van der Waals surface area contributed by atoms with E-state index in [1.165, 1.54) is 24.8 Å². The predicted octanol–water partition coefficient (Wildman–Crippen LogP) is 3.76. The lowest BCUT2D eigenvalue weighted by Gasteiger charge is -2.50. The van der Waals surface area contributed by atoms with Gasteiger partial charge in [-0.25, -0.2) is 4.79 Å². The maximum absolute atomic E-state index is 13.1. The Morgan fingerprint density at radius 2 is 1.52 bits per heavy atom. The molecule has 1 aromatic heterocycles. The molecule has 2 aromatic carbocycles. The minimum Gasteiger partial charge on any atom is -0.305 e. The average Bonchev–Trinajstić information content (AvgIpc) is 3.12. The molecule has 2 saturated heterocycles. The van der Waals surface area contributed by atoms with Crippen molar-refractivity contribution >= 4 is 11.0 Å². The van der Waals surface area contributed by atoms with E-state index < -0.39 is 0 Å². The number of hydrogen-bond donors (Lipinski definition) is 1. The number of hydrogen-bond acceptors (Lipinski definition) is 3. The molecule has 3 heterocycles. The third kappa shape index (κ3) is 3.43. The maximum atomic E-state index is 13.1. The van der Waals surface area contributed by atoms with Gasteiger partial charge in [0.05, 0.1) is 11.0 Å².